The second kappa shape index (κ2) is 25.4. The molecule has 15 heteroatoms. The minimum Gasteiger partial charge on any atom is -0.497 e. The number of β-amino-alcohol motifs (C(OH)–C–C–N with tert-alkyl or cyclic N) is 2. The van der Waals surface area contributed by atoms with Gasteiger partial charge in [-0.1, -0.05) is 66.2 Å². The first-order chi connectivity index (χ1) is 33.4. The summed E-state index contributed by atoms with van der Waals surface area (Å²) in [5.41, 5.74) is 3.31. The molecular weight excluding hydrogens is 914 g/mol. The summed E-state index contributed by atoms with van der Waals surface area (Å²) in [6.07, 6.45) is 5.35. The van der Waals surface area contributed by atoms with Crippen LogP contribution in [0.5, 0.6) is 17.2 Å². The van der Waals surface area contributed by atoms with E-state index in [1.54, 1.807) is 26.2 Å². The molecule has 0 spiro atoms. The van der Waals surface area contributed by atoms with Gasteiger partial charge in [0.25, 0.3) is 0 Å². The van der Waals surface area contributed by atoms with E-state index < -0.39 is 11.7 Å². The molecule has 0 saturated carbocycles. The van der Waals surface area contributed by atoms with Gasteiger partial charge < -0.3 is 59.2 Å². The maximum Gasteiger partial charge on any atom is 0.410 e. The van der Waals surface area contributed by atoms with Crippen molar-refractivity contribution in [2.75, 3.05) is 92.1 Å². The third kappa shape index (κ3) is 14.9. The first kappa shape index (κ1) is 52.2. The minimum absolute atomic E-state index is 0.231. The quantitative estimate of drug-likeness (QED) is 0.0901. The van der Waals surface area contributed by atoms with E-state index in [4.69, 9.17) is 42.8 Å². The number of ether oxygens (including phenoxy) is 4. The van der Waals surface area contributed by atoms with Gasteiger partial charge in [-0.2, -0.15) is 0 Å². The molecule has 0 aliphatic carbocycles. The molecule has 4 saturated heterocycles. The molecule has 69 heavy (non-hydrogen) atoms. The standard InChI is InChI=1S/C28H39N3O4S.C26H33ClN2O4/c1-33-24-6-4-20(5-7-24)21-8-12-30(13-9-21)19-27(32)22-10-14-31(15-11-22)28(36)29-23-16-25(34-2)18-26(17-23)35-3;27-23-8-6-21(7-9-23)22-10-14-28(15-11-22)18-24(30)26(32)12-16-29(17-13-26)25(31)33-19-20-4-2-1-3-5-20/h4-7,16-18,21-22,27,32H,8-15,19H2,1-3H3,(H,29,36);1-9,22,24,30,32H,10-19H2. The fourth-order valence-corrected chi connectivity index (χ4v) is 10.6. The van der Waals surface area contributed by atoms with Gasteiger partial charge >= 0.3 is 6.09 Å². The summed E-state index contributed by atoms with van der Waals surface area (Å²) < 4.78 is 21.4. The molecule has 374 valence electrons. The molecule has 2 unspecified atom stereocenters. The molecule has 0 aromatic heterocycles. The highest BCUT2D eigenvalue weighted by molar-refractivity contribution is 7.80. The van der Waals surface area contributed by atoms with Gasteiger partial charge in [0.05, 0.1) is 39.1 Å². The molecule has 1 amide bonds. The summed E-state index contributed by atoms with van der Waals surface area (Å²) >= 11 is 11.7. The van der Waals surface area contributed by atoms with Crippen LogP contribution < -0.4 is 19.5 Å². The van der Waals surface area contributed by atoms with Crippen LogP contribution in [0.4, 0.5) is 10.5 Å². The molecule has 0 radical (unpaired) electrons. The molecule has 8 rings (SSSR count). The average Bonchev–Trinajstić information content (AvgIpc) is 3.39. The normalized spacial score (nSPS) is 19.4. The number of methoxy groups -OCH3 is 3. The number of carbonyl (C=O) groups excluding carboxylic acids is 1. The Balaban J connectivity index is 0.000000205. The fourth-order valence-electron chi connectivity index (χ4n) is 10.1. The summed E-state index contributed by atoms with van der Waals surface area (Å²) in [5, 5.41) is 37.7. The highest BCUT2D eigenvalue weighted by Gasteiger charge is 2.41. The number of aliphatic hydroxyl groups is 3. The minimum atomic E-state index is -1.18. The number of piperidine rings is 4. The van der Waals surface area contributed by atoms with Gasteiger partial charge in [0, 0.05) is 68.2 Å². The number of anilines is 1. The number of rotatable bonds is 14. The molecule has 4 aliphatic rings. The highest BCUT2D eigenvalue weighted by Crippen LogP contribution is 2.33. The Labute approximate surface area is 419 Å². The topological polar surface area (TPSA) is 140 Å². The number of likely N-dealkylation sites (tertiary alicyclic amines) is 4. The van der Waals surface area contributed by atoms with Gasteiger partial charge in [0.15, 0.2) is 5.11 Å². The van der Waals surface area contributed by atoms with E-state index in [9.17, 15) is 20.1 Å². The summed E-state index contributed by atoms with van der Waals surface area (Å²) in [6, 6.07) is 31.7. The molecule has 13 nitrogen and oxygen atoms in total. The number of carbonyl (C=O) groups is 1. The Morgan fingerprint density at radius 2 is 1.20 bits per heavy atom. The number of halogens is 1. The van der Waals surface area contributed by atoms with Crippen LogP contribution in [0.3, 0.4) is 0 Å². The number of benzene rings is 4. The van der Waals surface area contributed by atoms with Crippen LogP contribution in [0.15, 0.2) is 97.1 Å². The van der Waals surface area contributed by atoms with Crippen molar-refractivity contribution in [1.29, 1.82) is 0 Å². The predicted octanol–water partition coefficient (Wildman–Crippen LogP) is 8.41. The second-order valence-electron chi connectivity index (χ2n) is 19.0. The van der Waals surface area contributed by atoms with Crippen molar-refractivity contribution in [3.63, 3.8) is 0 Å². The zero-order chi connectivity index (χ0) is 48.8. The SMILES string of the molecule is COc1ccc(C2CCN(CC(O)C3CCN(C(=S)Nc4cc(OC)cc(OC)c4)CC3)CC2)cc1.O=C(OCc1ccccc1)N1CCC(O)(C(O)CN2CCC(c3ccc(Cl)cc3)CC2)CC1. The molecule has 4 fully saturated rings. The smallest absolute Gasteiger partial charge is 0.410 e. The van der Waals surface area contributed by atoms with E-state index in [0.29, 0.717) is 55.3 Å². The van der Waals surface area contributed by atoms with Crippen molar-refractivity contribution in [3.05, 3.63) is 119 Å². The maximum absolute atomic E-state index is 12.4. The van der Waals surface area contributed by atoms with Crippen molar-refractivity contribution < 1.29 is 39.1 Å². The monoisotopic (exact) mass is 985 g/mol. The molecule has 4 heterocycles. The molecule has 4 aliphatic heterocycles. The summed E-state index contributed by atoms with van der Waals surface area (Å²) in [6.45, 7) is 7.71. The Kier molecular flexibility index (Phi) is 19.2. The lowest BCUT2D eigenvalue weighted by Crippen LogP contribution is -2.56. The molecule has 2 atom stereocenters. The van der Waals surface area contributed by atoms with Gasteiger partial charge in [0.2, 0.25) is 0 Å². The molecule has 4 aromatic rings. The lowest BCUT2D eigenvalue weighted by molar-refractivity contribution is -0.116. The Morgan fingerprint density at radius 1 is 0.681 bits per heavy atom. The number of amides is 1. The van der Waals surface area contributed by atoms with E-state index in [2.05, 4.69) is 44.3 Å². The molecule has 0 bridgehead atoms. The highest BCUT2D eigenvalue weighted by atomic mass is 35.5. The van der Waals surface area contributed by atoms with Crippen LogP contribution in [0.1, 0.15) is 79.9 Å². The zero-order valence-corrected chi connectivity index (χ0v) is 42.1. The number of aliphatic hydroxyl groups excluding tert-OH is 2. The second-order valence-corrected chi connectivity index (χ2v) is 19.9. The molecule has 4 N–H and O–H groups in total. The van der Waals surface area contributed by atoms with Gasteiger partial charge in [0.1, 0.15) is 23.9 Å². The van der Waals surface area contributed by atoms with Crippen LogP contribution in [-0.2, 0) is 11.3 Å². The van der Waals surface area contributed by atoms with Crippen molar-refractivity contribution >= 4 is 40.7 Å². The first-order valence-corrected chi connectivity index (χ1v) is 25.4. The third-order valence-electron chi connectivity index (χ3n) is 14.7. The van der Waals surface area contributed by atoms with E-state index in [0.717, 1.165) is 118 Å². The number of hydrogen-bond donors (Lipinski definition) is 4. The van der Waals surface area contributed by atoms with Gasteiger partial charge in [-0.25, -0.2) is 4.79 Å². The Morgan fingerprint density at radius 3 is 1.74 bits per heavy atom. The van der Waals surface area contributed by atoms with E-state index in [-0.39, 0.29) is 18.8 Å². The maximum atomic E-state index is 12.4. The van der Waals surface area contributed by atoms with E-state index >= 15 is 0 Å². The summed E-state index contributed by atoms with van der Waals surface area (Å²) in [5.74, 6) is 3.74. The van der Waals surface area contributed by atoms with Crippen LogP contribution in [0.2, 0.25) is 5.02 Å². The van der Waals surface area contributed by atoms with Crippen molar-refractivity contribution in [1.82, 2.24) is 19.6 Å². The van der Waals surface area contributed by atoms with Gasteiger partial charge in [-0.15, -0.1) is 0 Å². The van der Waals surface area contributed by atoms with Crippen LogP contribution >= 0.6 is 23.8 Å². The van der Waals surface area contributed by atoms with Crippen LogP contribution in [0, 0.1) is 5.92 Å². The van der Waals surface area contributed by atoms with Crippen LogP contribution in [-0.4, -0.2) is 151 Å². The van der Waals surface area contributed by atoms with E-state index in [1.807, 2.05) is 72.8 Å². The van der Waals surface area contributed by atoms with Crippen molar-refractivity contribution in [2.45, 2.75) is 87.6 Å². The number of nitrogens with zero attached hydrogens (tertiary/aromatic N) is 4. The Bertz CT molecular complexity index is 2170. The Hall–Kier alpha value is -4.67. The average molecular weight is 987 g/mol. The molecule has 4 aromatic carbocycles. The summed E-state index contributed by atoms with van der Waals surface area (Å²) in [7, 11) is 4.97. The van der Waals surface area contributed by atoms with Crippen molar-refractivity contribution in [2.24, 2.45) is 5.92 Å². The molecular formula is C54H72ClN5O8S. The predicted molar refractivity (Wildman–Crippen MR) is 276 cm³/mol. The fraction of sp³-hybridized carbons (Fsp3) is 0.519. The number of thiocarbonyl (C=S) groups is 1. The van der Waals surface area contributed by atoms with Crippen molar-refractivity contribution in [3.8, 4) is 17.2 Å². The third-order valence-corrected chi connectivity index (χ3v) is 15.3. The number of hydrogen-bond acceptors (Lipinski definition) is 11. The first-order valence-electron chi connectivity index (χ1n) is 24.6. The lowest BCUT2D eigenvalue weighted by atomic mass is 9.84. The van der Waals surface area contributed by atoms with E-state index in [1.165, 1.54) is 11.1 Å². The summed E-state index contributed by atoms with van der Waals surface area (Å²) in [4.78, 5) is 20.8. The largest absolute Gasteiger partial charge is 0.497 e. The number of nitrogens with one attached hydrogen (secondary N) is 1. The van der Waals surface area contributed by atoms with Crippen LogP contribution in [0.25, 0.3) is 0 Å². The van der Waals surface area contributed by atoms with Gasteiger partial charge in [-0.3, -0.25) is 0 Å². The van der Waals surface area contributed by atoms with Gasteiger partial charge in [-0.05, 0) is 148 Å². The zero-order valence-electron chi connectivity index (χ0n) is 40.5. The lowest BCUT2D eigenvalue weighted by Gasteiger charge is -2.42.